The zero-order valence-electron chi connectivity index (χ0n) is 13.7. The van der Waals surface area contributed by atoms with Crippen LogP contribution in [0, 0.1) is 6.92 Å². The van der Waals surface area contributed by atoms with Crippen molar-refractivity contribution >= 4 is 23.5 Å². The highest BCUT2D eigenvalue weighted by molar-refractivity contribution is 8.00. The predicted molar refractivity (Wildman–Crippen MR) is 93.8 cm³/mol. The first kappa shape index (κ1) is 16.3. The first-order valence-corrected chi connectivity index (χ1v) is 8.40. The van der Waals surface area contributed by atoms with Crippen molar-refractivity contribution in [3.05, 3.63) is 48.4 Å². The number of thioether (sulfide) groups is 1. The van der Waals surface area contributed by atoms with Crippen molar-refractivity contribution < 1.29 is 9.32 Å². The Kier molecular flexibility index (Phi) is 4.71. The minimum atomic E-state index is -0.313. The molecule has 0 saturated carbocycles. The number of nitrogens with one attached hydrogen (secondary N) is 1. The molecule has 0 aliphatic heterocycles. The monoisotopic (exact) mass is 342 g/mol. The van der Waals surface area contributed by atoms with Gasteiger partial charge in [-0.25, -0.2) is 4.98 Å². The average molecular weight is 342 g/mol. The van der Waals surface area contributed by atoms with Crippen LogP contribution in [0.15, 0.2) is 52.3 Å². The number of carbonyl (C=O) groups is 1. The Bertz CT molecular complexity index is 841. The van der Waals surface area contributed by atoms with Gasteiger partial charge < -0.3 is 14.4 Å². The Balaban J connectivity index is 1.69. The zero-order valence-corrected chi connectivity index (χ0v) is 14.5. The van der Waals surface area contributed by atoms with Crippen LogP contribution < -0.4 is 5.32 Å². The van der Waals surface area contributed by atoms with E-state index in [2.05, 4.69) is 15.5 Å². The minimum Gasteiger partial charge on any atom is -0.360 e. The van der Waals surface area contributed by atoms with Crippen LogP contribution in [0.2, 0.25) is 0 Å². The first-order valence-electron chi connectivity index (χ1n) is 7.52. The smallest absolute Gasteiger partial charge is 0.238 e. The number of hydrogen-bond acceptors (Lipinski definition) is 5. The summed E-state index contributed by atoms with van der Waals surface area (Å²) in [7, 11) is 1.95. The molecule has 0 spiro atoms. The number of carbonyl (C=O) groups excluding carboxylic acids is 1. The van der Waals surface area contributed by atoms with Crippen LogP contribution in [0.3, 0.4) is 0 Å². The molecule has 2 aromatic heterocycles. The maximum absolute atomic E-state index is 12.3. The summed E-state index contributed by atoms with van der Waals surface area (Å²) in [5.41, 5.74) is 2.10. The number of nitrogens with zero attached hydrogens (tertiary/aromatic N) is 3. The Hall–Kier alpha value is -2.54. The van der Waals surface area contributed by atoms with Crippen molar-refractivity contribution in [2.75, 3.05) is 5.32 Å². The third-order valence-electron chi connectivity index (χ3n) is 3.55. The second-order valence-corrected chi connectivity index (χ2v) is 6.73. The number of aryl methyl sites for hydroxylation is 1. The lowest BCUT2D eigenvalue weighted by atomic mass is 10.2. The van der Waals surface area contributed by atoms with Gasteiger partial charge in [0.25, 0.3) is 0 Å². The largest absolute Gasteiger partial charge is 0.360 e. The van der Waals surface area contributed by atoms with Gasteiger partial charge in [0, 0.05) is 13.1 Å². The van der Waals surface area contributed by atoms with E-state index in [9.17, 15) is 4.79 Å². The van der Waals surface area contributed by atoms with E-state index in [-0.39, 0.29) is 11.2 Å². The van der Waals surface area contributed by atoms with Gasteiger partial charge in [-0.2, -0.15) is 0 Å². The fourth-order valence-corrected chi connectivity index (χ4v) is 3.10. The van der Waals surface area contributed by atoms with Crippen molar-refractivity contribution in [3.8, 4) is 11.3 Å². The summed E-state index contributed by atoms with van der Waals surface area (Å²) in [6, 6.07) is 11.7. The molecule has 0 bridgehead atoms. The second-order valence-electron chi connectivity index (χ2n) is 5.42. The highest BCUT2D eigenvalue weighted by atomic mass is 32.2. The number of amides is 1. The van der Waals surface area contributed by atoms with Gasteiger partial charge in [-0.1, -0.05) is 47.3 Å². The molecular formula is C17H18N4O2S. The van der Waals surface area contributed by atoms with Crippen LogP contribution in [-0.4, -0.2) is 25.9 Å². The number of aromatic nitrogens is 3. The molecule has 24 heavy (non-hydrogen) atoms. The highest BCUT2D eigenvalue weighted by Crippen LogP contribution is 2.27. The SMILES string of the molecule is Cc1cc(NC(=O)C(C)Sc2ncc(-c3ccccc3)n2C)no1. The van der Waals surface area contributed by atoms with Gasteiger partial charge in [0.05, 0.1) is 17.1 Å². The van der Waals surface area contributed by atoms with E-state index in [1.807, 2.05) is 55.1 Å². The summed E-state index contributed by atoms with van der Waals surface area (Å²) in [4.78, 5) is 16.7. The summed E-state index contributed by atoms with van der Waals surface area (Å²) >= 11 is 1.40. The lowest BCUT2D eigenvalue weighted by Gasteiger charge is -2.11. The number of benzene rings is 1. The third kappa shape index (κ3) is 3.51. The minimum absolute atomic E-state index is 0.141. The summed E-state index contributed by atoms with van der Waals surface area (Å²) in [6.07, 6.45) is 1.82. The molecule has 3 aromatic rings. The number of imidazole rings is 1. The molecule has 1 amide bonds. The van der Waals surface area contributed by atoms with E-state index in [0.717, 1.165) is 16.4 Å². The van der Waals surface area contributed by atoms with Crippen LogP contribution in [0.5, 0.6) is 0 Å². The maximum atomic E-state index is 12.3. The van der Waals surface area contributed by atoms with E-state index in [4.69, 9.17) is 4.52 Å². The van der Waals surface area contributed by atoms with E-state index in [0.29, 0.717) is 11.6 Å². The molecule has 2 heterocycles. The molecule has 3 rings (SSSR count). The molecule has 7 heteroatoms. The fraction of sp³-hybridized carbons (Fsp3) is 0.235. The molecule has 1 unspecified atom stereocenters. The lowest BCUT2D eigenvalue weighted by Crippen LogP contribution is -2.23. The van der Waals surface area contributed by atoms with E-state index in [1.165, 1.54) is 11.8 Å². The van der Waals surface area contributed by atoms with E-state index < -0.39 is 0 Å². The second kappa shape index (κ2) is 6.92. The van der Waals surface area contributed by atoms with Gasteiger partial charge in [0.1, 0.15) is 5.76 Å². The van der Waals surface area contributed by atoms with Crippen molar-refractivity contribution in [1.82, 2.24) is 14.7 Å². The lowest BCUT2D eigenvalue weighted by molar-refractivity contribution is -0.115. The highest BCUT2D eigenvalue weighted by Gasteiger charge is 2.19. The summed E-state index contributed by atoms with van der Waals surface area (Å²) < 4.78 is 6.94. The first-order chi connectivity index (χ1) is 11.5. The summed E-state index contributed by atoms with van der Waals surface area (Å²) in [5, 5.41) is 6.98. The van der Waals surface area contributed by atoms with Crippen LogP contribution in [-0.2, 0) is 11.8 Å². The van der Waals surface area contributed by atoms with Gasteiger partial charge in [0.15, 0.2) is 11.0 Å². The standard InChI is InChI=1S/C17H18N4O2S/c1-11-9-15(20-23-11)19-16(22)12(2)24-17-18-10-14(21(17)3)13-7-5-4-6-8-13/h4-10,12H,1-3H3,(H,19,20,22). The van der Waals surface area contributed by atoms with Gasteiger partial charge >= 0.3 is 0 Å². The van der Waals surface area contributed by atoms with Gasteiger partial charge in [-0.15, -0.1) is 0 Å². The van der Waals surface area contributed by atoms with Crippen molar-refractivity contribution in [1.29, 1.82) is 0 Å². The molecule has 6 nitrogen and oxygen atoms in total. The molecule has 0 fully saturated rings. The molecule has 0 aliphatic rings. The van der Waals surface area contributed by atoms with Gasteiger partial charge in [-0.05, 0) is 19.4 Å². The molecule has 0 radical (unpaired) electrons. The predicted octanol–water partition coefficient (Wildman–Crippen LogP) is 3.50. The molecule has 1 atom stereocenters. The maximum Gasteiger partial charge on any atom is 0.238 e. The third-order valence-corrected chi connectivity index (χ3v) is 4.70. The van der Waals surface area contributed by atoms with Crippen LogP contribution in [0.4, 0.5) is 5.82 Å². The summed E-state index contributed by atoms with van der Waals surface area (Å²) in [5.74, 6) is 0.939. The quantitative estimate of drug-likeness (QED) is 0.718. The fourth-order valence-electron chi connectivity index (χ4n) is 2.24. The number of rotatable bonds is 5. The van der Waals surface area contributed by atoms with E-state index >= 15 is 0 Å². The molecule has 1 aromatic carbocycles. The molecule has 0 aliphatic carbocycles. The normalized spacial score (nSPS) is 12.1. The zero-order chi connectivity index (χ0) is 17.1. The van der Waals surface area contributed by atoms with Crippen LogP contribution in [0.25, 0.3) is 11.3 Å². The topological polar surface area (TPSA) is 73.0 Å². The molecule has 124 valence electrons. The van der Waals surface area contributed by atoms with E-state index in [1.54, 1.807) is 13.0 Å². The molecular weight excluding hydrogens is 324 g/mol. The van der Waals surface area contributed by atoms with Crippen molar-refractivity contribution in [3.63, 3.8) is 0 Å². The Morgan fingerprint density at radius 3 is 2.75 bits per heavy atom. The van der Waals surface area contributed by atoms with Gasteiger partial charge in [0.2, 0.25) is 5.91 Å². The Morgan fingerprint density at radius 1 is 1.33 bits per heavy atom. The number of anilines is 1. The Morgan fingerprint density at radius 2 is 2.08 bits per heavy atom. The van der Waals surface area contributed by atoms with Crippen LogP contribution in [0.1, 0.15) is 12.7 Å². The average Bonchev–Trinajstić information content (AvgIpc) is 3.14. The molecule has 1 N–H and O–H groups in total. The van der Waals surface area contributed by atoms with Crippen LogP contribution >= 0.6 is 11.8 Å². The summed E-state index contributed by atoms with van der Waals surface area (Å²) in [6.45, 7) is 3.61. The van der Waals surface area contributed by atoms with Crippen molar-refractivity contribution in [2.45, 2.75) is 24.3 Å². The Labute approximate surface area is 144 Å². The molecule has 0 saturated heterocycles. The van der Waals surface area contributed by atoms with Crippen molar-refractivity contribution in [2.24, 2.45) is 7.05 Å². The van der Waals surface area contributed by atoms with Gasteiger partial charge in [-0.3, -0.25) is 4.79 Å². The number of hydrogen-bond donors (Lipinski definition) is 1.